The molecular formula is C80H154N2O10. The van der Waals surface area contributed by atoms with Crippen molar-refractivity contribution in [1.82, 2.24) is 4.90 Å². The van der Waals surface area contributed by atoms with Gasteiger partial charge in [0.25, 0.3) is 0 Å². The Morgan fingerprint density at radius 2 is 0.543 bits per heavy atom. The minimum absolute atomic E-state index is 0.0980. The van der Waals surface area contributed by atoms with E-state index in [9.17, 15) is 24.0 Å². The number of nitrogens with zero attached hydrogens (tertiary/aromatic N) is 1. The Balaban J connectivity index is 6.19. The summed E-state index contributed by atoms with van der Waals surface area (Å²) in [5.74, 6) is -1.69. The molecule has 0 aromatic carbocycles. The number of ether oxygens (including phenoxy) is 5. The van der Waals surface area contributed by atoms with Crippen LogP contribution in [-0.4, -0.2) is 91.4 Å². The third kappa shape index (κ3) is 65.9. The van der Waals surface area contributed by atoms with Gasteiger partial charge in [0.05, 0.1) is 0 Å². The highest BCUT2D eigenvalue weighted by molar-refractivity contribution is 5.75. The van der Waals surface area contributed by atoms with Gasteiger partial charge in [-0.15, -0.1) is 0 Å². The molecular weight excluding hydrogens is 1150 g/mol. The fourth-order valence-corrected chi connectivity index (χ4v) is 12.4. The first-order valence-electron chi connectivity index (χ1n) is 40.1. The van der Waals surface area contributed by atoms with Crippen LogP contribution in [0.1, 0.15) is 427 Å². The molecule has 0 heterocycles. The van der Waals surface area contributed by atoms with Crippen molar-refractivity contribution in [3.63, 3.8) is 0 Å². The minimum Gasteiger partial charge on any atom is -0.462 e. The van der Waals surface area contributed by atoms with Crippen LogP contribution >= 0.6 is 0 Å². The van der Waals surface area contributed by atoms with Crippen molar-refractivity contribution in [3.05, 3.63) is 0 Å². The zero-order chi connectivity index (χ0) is 67.5. The van der Waals surface area contributed by atoms with Crippen molar-refractivity contribution < 1.29 is 47.7 Å². The van der Waals surface area contributed by atoms with Crippen molar-refractivity contribution in [2.45, 2.75) is 451 Å². The van der Waals surface area contributed by atoms with Gasteiger partial charge in [0, 0.05) is 38.8 Å². The van der Waals surface area contributed by atoms with Crippen molar-refractivity contribution in [3.8, 4) is 0 Å². The highest BCUT2D eigenvalue weighted by Crippen LogP contribution is 2.20. The summed E-state index contributed by atoms with van der Waals surface area (Å²) in [7, 11) is 0. The third-order valence-corrected chi connectivity index (χ3v) is 18.3. The molecule has 12 heteroatoms. The largest absolute Gasteiger partial charge is 0.462 e. The van der Waals surface area contributed by atoms with Gasteiger partial charge < -0.3 is 29.4 Å². The highest BCUT2D eigenvalue weighted by Gasteiger charge is 2.27. The number of carbonyl (C=O) groups excluding carboxylic acids is 5. The molecule has 2 N–H and O–H groups in total. The normalized spacial score (nSPS) is 12.7. The lowest BCUT2D eigenvalue weighted by Crippen LogP contribution is -2.44. The van der Waals surface area contributed by atoms with Crippen LogP contribution in [0.15, 0.2) is 0 Å². The van der Waals surface area contributed by atoms with E-state index in [1.54, 1.807) is 0 Å². The molecule has 544 valence electrons. The fourth-order valence-electron chi connectivity index (χ4n) is 12.4. The fraction of sp³-hybridized carbons (Fsp3) is 0.938. The molecule has 0 amide bonds. The van der Waals surface area contributed by atoms with Crippen molar-refractivity contribution in [1.29, 1.82) is 0 Å². The molecule has 0 aliphatic heterocycles. The second kappa shape index (κ2) is 68.2. The van der Waals surface area contributed by atoms with Crippen LogP contribution in [0.5, 0.6) is 0 Å². The standard InChI is InChI=1S/C80H154N2O10/c1-8-12-16-20-24-28-32-36-40-44-48-52-56-63-75(83)88-70-72(90-77(85)65-58-54-50-46-42-38-34-30-26-22-18-14-10-3)68-82(67-61-60-62-74(81)79(87)92-80(5,6)7)69-73(91-78(86)66-59-55-51-47-43-39-35-31-27-23-19-15-11-4)71-89-76(84)64-57-53-49-45-41-37-33-29-25-21-17-13-9-2/h72-74H,8-71,81H2,1-7H3. The van der Waals surface area contributed by atoms with Crippen LogP contribution in [0.3, 0.4) is 0 Å². The summed E-state index contributed by atoms with van der Waals surface area (Å²) in [5.41, 5.74) is 5.70. The van der Waals surface area contributed by atoms with Crippen molar-refractivity contribution in [2.75, 3.05) is 32.8 Å². The molecule has 0 aliphatic rings. The summed E-state index contributed by atoms with van der Waals surface area (Å²) < 4.78 is 30.0. The zero-order valence-electron chi connectivity index (χ0n) is 62.1. The van der Waals surface area contributed by atoms with Gasteiger partial charge in [-0.1, -0.05) is 342 Å². The van der Waals surface area contributed by atoms with Gasteiger partial charge >= 0.3 is 29.8 Å². The van der Waals surface area contributed by atoms with Crippen LogP contribution in [-0.2, 0) is 47.7 Å². The second-order valence-corrected chi connectivity index (χ2v) is 29.0. The summed E-state index contributed by atoms with van der Waals surface area (Å²) in [4.78, 5) is 69.3. The Morgan fingerprint density at radius 1 is 0.315 bits per heavy atom. The lowest BCUT2D eigenvalue weighted by atomic mass is 10.0. The Morgan fingerprint density at radius 3 is 0.783 bits per heavy atom. The van der Waals surface area contributed by atoms with Gasteiger partial charge in [0.15, 0.2) is 0 Å². The van der Waals surface area contributed by atoms with E-state index in [-0.39, 0.29) is 63.0 Å². The smallest absolute Gasteiger partial charge is 0.323 e. The molecule has 0 rings (SSSR count). The first kappa shape index (κ1) is 89.3. The third-order valence-electron chi connectivity index (χ3n) is 18.3. The number of hydrogen-bond acceptors (Lipinski definition) is 12. The lowest BCUT2D eigenvalue weighted by molar-refractivity contribution is -0.163. The molecule has 0 bridgehead atoms. The molecule has 0 spiro atoms. The molecule has 0 aromatic rings. The van der Waals surface area contributed by atoms with E-state index in [4.69, 9.17) is 29.4 Å². The van der Waals surface area contributed by atoms with Gasteiger partial charge in [0.2, 0.25) is 0 Å². The molecule has 0 aromatic heterocycles. The number of esters is 5. The van der Waals surface area contributed by atoms with E-state index in [0.717, 1.165) is 77.0 Å². The highest BCUT2D eigenvalue weighted by atomic mass is 16.6. The second-order valence-electron chi connectivity index (χ2n) is 29.0. The monoisotopic (exact) mass is 1300 g/mol. The number of unbranched alkanes of at least 4 members (excludes halogenated alkanes) is 49. The summed E-state index contributed by atoms with van der Waals surface area (Å²) >= 11 is 0. The first-order valence-corrected chi connectivity index (χ1v) is 40.1. The molecule has 92 heavy (non-hydrogen) atoms. The van der Waals surface area contributed by atoms with E-state index in [1.165, 1.54) is 257 Å². The van der Waals surface area contributed by atoms with Crippen LogP contribution in [0.2, 0.25) is 0 Å². The average molecular weight is 1300 g/mol. The molecule has 3 atom stereocenters. The molecule has 12 nitrogen and oxygen atoms in total. The van der Waals surface area contributed by atoms with Crippen LogP contribution in [0.4, 0.5) is 0 Å². The van der Waals surface area contributed by atoms with Crippen LogP contribution in [0, 0.1) is 0 Å². The summed E-state index contributed by atoms with van der Waals surface area (Å²) in [6.07, 6.45) is 64.3. The Kier molecular flexibility index (Phi) is 66.2. The maximum absolute atomic E-state index is 13.8. The maximum atomic E-state index is 13.8. The van der Waals surface area contributed by atoms with Gasteiger partial charge in [0.1, 0.15) is 37.1 Å². The van der Waals surface area contributed by atoms with E-state index in [0.29, 0.717) is 38.6 Å². The number of rotatable bonds is 72. The Labute approximate surface area is 569 Å². The van der Waals surface area contributed by atoms with Gasteiger partial charge in [-0.3, -0.25) is 28.9 Å². The molecule has 0 radical (unpaired) electrons. The molecule has 3 unspecified atom stereocenters. The Bertz CT molecular complexity index is 1540. The summed E-state index contributed by atoms with van der Waals surface area (Å²) in [5, 5.41) is 0. The number of nitrogens with two attached hydrogens (primary N) is 1. The van der Waals surface area contributed by atoms with Gasteiger partial charge in [-0.25, -0.2) is 0 Å². The summed E-state index contributed by atoms with van der Waals surface area (Å²) in [6, 6.07) is -0.788. The molecule has 0 aliphatic carbocycles. The summed E-state index contributed by atoms with van der Waals surface area (Å²) in [6.45, 7) is 15.2. The number of hydrogen-bond donors (Lipinski definition) is 1. The van der Waals surface area contributed by atoms with E-state index in [1.807, 2.05) is 20.8 Å². The lowest BCUT2D eigenvalue weighted by Gasteiger charge is -2.30. The molecule has 0 fully saturated rings. The molecule has 0 saturated heterocycles. The van der Waals surface area contributed by atoms with E-state index in [2.05, 4.69) is 32.6 Å². The quantitative estimate of drug-likeness (QED) is 0.0349. The van der Waals surface area contributed by atoms with Crippen molar-refractivity contribution in [2.24, 2.45) is 5.73 Å². The number of carbonyl (C=O) groups is 5. The van der Waals surface area contributed by atoms with E-state index < -0.39 is 29.8 Å². The van der Waals surface area contributed by atoms with Crippen LogP contribution in [0.25, 0.3) is 0 Å². The Hall–Kier alpha value is -2.73. The van der Waals surface area contributed by atoms with Gasteiger partial charge in [-0.2, -0.15) is 0 Å². The zero-order valence-corrected chi connectivity index (χ0v) is 62.1. The van der Waals surface area contributed by atoms with Crippen LogP contribution < -0.4 is 5.73 Å². The predicted molar refractivity (Wildman–Crippen MR) is 387 cm³/mol. The van der Waals surface area contributed by atoms with Gasteiger partial charge in [-0.05, 0) is 65.8 Å². The SMILES string of the molecule is CCCCCCCCCCCCCCCC(=O)OCC(CN(CCCCC(N)C(=O)OC(C)(C)C)CC(COC(=O)CCCCCCCCCCCCCCC)OC(=O)CCCCCCCCCCCCCCC)OC(=O)CCCCCCCCCCCCCCC. The first-order chi connectivity index (χ1) is 44.7. The maximum Gasteiger partial charge on any atom is 0.323 e. The van der Waals surface area contributed by atoms with Crippen molar-refractivity contribution >= 4 is 29.8 Å². The predicted octanol–water partition coefficient (Wildman–Crippen LogP) is 23.0. The average Bonchev–Trinajstić information content (AvgIpc) is 3.36. The van der Waals surface area contributed by atoms with E-state index >= 15 is 0 Å². The molecule has 0 saturated carbocycles. The topological polar surface area (TPSA) is 161 Å². The minimum atomic E-state index is -0.788.